The van der Waals surface area contributed by atoms with Gasteiger partial charge in [-0.2, -0.15) is 0 Å². The highest BCUT2D eigenvalue weighted by atomic mass is 79.9. The number of ether oxygens (including phenoxy) is 1. The zero-order valence-corrected chi connectivity index (χ0v) is 14.2. The molecule has 4 nitrogen and oxygen atoms in total. The fourth-order valence-electron chi connectivity index (χ4n) is 1.97. The van der Waals surface area contributed by atoms with Crippen LogP contribution in [0.3, 0.4) is 0 Å². The molecule has 0 aromatic heterocycles. The molecule has 0 radical (unpaired) electrons. The van der Waals surface area contributed by atoms with E-state index < -0.39 is 0 Å². The highest BCUT2D eigenvalue weighted by molar-refractivity contribution is 9.10. The molecule has 0 aliphatic rings. The predicted molar refractivity (Wildman–Crippen MR) is 84.9 cm³/mol. The van der Waals surface area contributed by atoms with Crippen LogP contribution in [0.4, 0.5) is 0 Å². The van der Waals surface area contributed by atoms with Gasteiger partial charge in [0, 0.05) is 24.1 Å². The van der Waals surface area contributed by atoms with Crippen LogP contribution in [0.15, 0.2) is 22.7 Å². The van der Waals surface area contributed by atoms with E-state index in [1.807, 2.05) is 43.9 Å². The van der Waals surface area contributed by atoms with Gasteiger partial charge in [-0.3, -0.25) is 4.79 Å². The van der Waals surface area contributed by atoms with Crippen molar-refractivity contribution in [3.8, 4) is 5.75 Å². The van der Waals surface area contributed by atoms with E-state index in [0.717, 1.165) is 28.9 Å². The molecule has 0 fully saturated rings. The predicted octanol–water partition coefficient (Wildman–Crippen LogP) is 2.80. The molecule has 1 unspecified atom stereocenters. The number of likely N-dealkylation sites (N-methyl/N-ethyl adjacent to an activating group) is 1. The summed E-state index contributed by atoms with van der Waals surface area (Å²) < 4.78 is 6.22. The highest BCUT2D eigenvalue weighted by Crippen LogP contribution is 2.22. The molecule has 1 aromatic rings. The third-order valence-corrected chi connectivity index (χ3v) is 4.07. The van der Waals surface area contributed by atoms with Gasteiger partial charge in [0.05, 0.1) is 13.2 Å². The van der Waals surface area contributed by atoms with Crippen molar-refractivity contribution in [1.82, 2.24) is 10.2 Å². The van der Waals surface area contributed by atoms with Gasteiger partial charge in [0.25, 0.3) is 0 Å². The lowest BCUT2D eigenvalue weighted by atomic mass is 10.2. The second-order valence-electron chi connectivity index (χ2n) is 4.57. The normalized spacial score (nSPS) is 12.1. The standard InChI is InChI=1S/C15H23BrN2O2/c1-5-18(6-2)15(19)11(3)17-10-12-9-13(20-4)7-8-14(12)16/h7-9,11,17H,5-6,10H2,1-4H3. The van der Waals surface area contributed by atoms with Gasteiger partial charge >= 0.3 is 0 Å². The summed E-state index contributed by atoms with van der Waals surface area (Å²) in [6.45, 7) is 7.98. The first kappa shape index (κ1) is 17.0. The van der Waals surface area contributed by atoms with Crippen molar-refractivity contribution in [2.75, 3.05) is 20.2 Å². The molecule has 1 atom stereocenters. The molecule has 0 saturated heterocycles. The van der Waals surface area contributed by atoms with Crippen LogP contribution in [0.2, 0.25) is 0 Å². The molecule has 0 aliphatic carbocycles. The quantitative estimate of drug-likeness (QED) is 0.828. The van der Waals surface area contributed by atoms with E-state index in [0.29, 0.717) is 6.54 Å². The van der Waals surface area contributed by atoms with Crippen molar-refractivity contribution in [3.05, 3.63) is 28.2 Å². The first-order valence-corrected chi connectivity index (χ1v) is 7.67. The number of nitrogens with one attached hydrogen (secondary N) is 1. The summed E-state index contributed by atoms with van der Waals surface area (Å²) in [5, 5.41) is 3.26. The number of nitrogens with zero attached hydrogens (tertiary/aromatic N) is 1. The first-order chi connectivity index (χ1) is 9.53. The summed E-state index contributed by atoms with van der Waals surface area (Å²) in [6.07, 6.45) is 0. The molecule has 1 aromatic carbocycles. The zero-order valence-electron chi connectivity index (χ0n) is 12.6. The molecule has 0 aliphatic heterocycles. The summed E-state index contributed by atoms with van der Waals surface area (Å²) >= 11 is 3.51. The average Bonchev–Trinajstić information content (AvgIpc) is 2.47. The zero-order chi connectivity index (χ0) is 15.1. The summed E-state index contributed by atoms with van der Waals surface area (Å²) in [6, 6.07) is 5.62. The second-order valence-corrected chi connectivity index (χ2v) is 5.42. The monoisotopic (exact) mass is 342 g/mol. The van der Waals surface area contributed by atoms with Crippen molar-refractivity contribution in [3.63, 3.8) is 0 Å². The minimum atomic E-state index is -0.201. The summed E-state index contributed by atoms with van der Waals surface area (Å²) in [5.41, 5.74) is 1.07. The van der Waals surface area contributed by atoms with Crippen molar-refractivity contribution in [2.45, 2.75) is 33.4 Å². The van der Waals surface area contributed by atoms with Gasteiger partial charge in [0.1, 0.15) is 5.75 Å². The van der Waals surface area contributed by atoms with E-state index in [1.54, 1.807) is 7.11 Å². The van der Waals surface area contributed by atoms with Crippen LogP contribution in [0, 0.1) is 0 Å². The summed E-state index contributed by atoms with van der Waals surface area (Å²) in [5.74, 6) is 0.946. The Hall–Kier alpha value is -1.07. The van der Waals surface area contributed by atoms with Crippen LogP contribution in [0.25, 0.3) is 0 Å². The van der Waals surface area contributed by atoms with E-state index in [9.17, 15) is 4.79 Å². The first-order valence-electron chi connectivity index (χ1n) is 6.88. The van der Waals surface area contributed by atoms with Gasteiger partial charge in [-0.15, -0.1) is 0 Å². The Labute approximate surface area is 129 Å². The van der Waals surface area contributed by atoms with Crippen LogP contribution >= 0.6 is 15.9 Å². The van der Waals surface area contributed by atoms with Gasteiger partial charge in [-0.25, -0.2) is 0 Å². The molecule has 0 heterocycles. The Morgan fingerprint density at radius 2 is 2.05 bits per heavy atom. The molecule has 1 amide bonds. The minimum absolute atomic E-state index is 0.133. The second kappa shape index (κ2) is 8.27. The number of amides is 1. The van der Waals surface area contributed by atoms with E-state index in [-0.39, 0.29) is 11.9 Å². The van der Waals surface area contributed by atoms with Crippen molar-refractivity contribution >= 4 is 21.8 Å². The third kappa shape index (κ3) is 4.49. The topological polar surface area (TPSA) is 41.6 Å². The Kier molecular flexibility index (Phi) is 7.02. The Morgan fingerprint density at radius 3 is 2.60 bits per heavy atom. The van der Waals surface area contributed by atoms with Gasteiger partial charge in [-0.05, 0) is 44.5 Å². The third-order valence-electron chi connectivity index (χ3n) is 3.30. The molecule has 0 bridgehead atoms. The summed E-state index contributed by atoms with van der Waals surface area (Å²) in [4.78, 5) is 14.0. The van der Waals surface area contributed by atoms with Crippen LogP contribution in [0.5, 0.6) is 5.75 Å². The van der Waals surface area contributed by atoms with Gasteiger partial charge in [0.2, 0.25) is 5.91 Å². The van der Waals surface area contributed by atoms with Crippen LogP contribution in [0.1, 0.15) is 26.3 Å². The Bertz CT molecular complexity index is 447. The maximum Gasteiger partial charge on any atom is 0.239 e. The van der Waals surface area contributed by atoms with E-state index in [4.69, 9.17) is 4.74 Å². The fraction of sp³-hybridized carbons (Fsp3) is 0.533. The number of methoxy groups -OCH3 is 1. The Balaban J connectivity index is 2.64. The number of rotatable bonds is 7. The minimum Gasteiger partial charge on any atom is -0.497 e. The van der Waals surface area contributed by atoms with Gasteiger partial charge in [-0.1, -0.05) is 15.9 Å². The lowest BCUT2D eigenvalue weighted by molar-refractivity contribution is -0.132. The molecule has 112 valence electrons. The molecular weight excluding hydrogens is 320 g/mol. The number of halogens is 1. The highest BCUT2D eigenvalue weighted by Gasteiger charge is 2.17. The van der Waals surface area contributed by atoms with Crippen molar-refractivity contribution < 1.29 is 9.53 Å². The van der Waals surface area contributed by atoms with Crippen LogP contribution in [-0.2, 0) is 11.3 Å². The lowest BCUT2D eigenvalue weighted by Gasteiger charge is -2.23. The smallest absolute Gasteiger partial charge is 0.239 e. The fourth-order valence-corrected chi connectivity index (χ4v) is 2.36. The number of hydrogen-bond acceptors (Lipinski definition) is 3. The molecular formula is C15H23BrN2O2. The maximum atomic E-state index is 12.2. The van der Waals surface area contributed by atoms with Gasteiger partial charge in [0.15, 0.2) is 0 Å². The maximum absolute atomic E-state index is 12.2. The van der Waals surface area contributed by atoms with Crippen LogP contribution in [-0.4, -0.2) is 37.0 Å². The average molecular weight is 343 g/mol. The molecule has 0 saturated carbocycles. The SMILES string of the molecule is CCN(CC)C(=O)C(C)NCc1cc(OC)ccc1Br. The molecule has 1 rings (SSSR count). The van der Waals surface area contributed by atoms with E-state index in [1.165, 1.54) is 0 Å². The van der Waals surface area contributed by atoms with E-state index in [2.05, 4.69) is 21.2 Å². The molecule has 1 N–H and O–H groups in total. The molecule has 20 heavy (non-hydrogen) atoms. The number of carbonyl (C=O) groups excluding carboxylic acids is 1. The molecule has 0 spiro atoms. The summed E-state index contributed by atoms with van der Waals surface area (Å²) in [7, 11) is 1.65. The number of benzene rings is 1. The lowest BCUT2D eigenvalue weighted by Crippen LogP contribution is -2.44. The van der Waals surface area contributed by atoms with Crippen molar-refractivity contribution in [1.29, 1.82) is 0 Å². The number of hydrogen-bond donors (Lipinski definition) is 1. The van der Waals surface area contributed by atoms with Crippen LogP contribution < -0.4 is 10.1 Å². The van der Waals surface area contributed by atoms with Gasteiger partial charge < -0.3 is 15.0 Å². The molecule has 5 heteroatoms. The Morgan fingerprint density at radius 1 is 1.40 bits per heavy atom. The number of carbonyl (C=O) groups is 1. The van der Waals surface area contributed by atoms with E-state index >= 15 is 0 Å². The largest absolute Gasteiger partial charge is 0.497 e. The van der Waals surface area contributed by atoms with Crippen molar-refractivity contribution in [2.24, 2.45) is 0 Å².